The molecule has 1 aromatic heterocycles. The average molecular weight is 238 g/mol. The molecule has 0 aliphatic carbocycles. The van der Waals surface area contributed by atoms with E-state index >= 15 is 0 Å². The molecule has 0 saturated heterocycles. The van der Waals surface area contributed by atoms with Crippen LogP contribution in [0.1, 0.15) is 5.69 Å². The van der Waals surface area contributed by atoms with Crippen LogP contribution in [-0.4, -0.2) is 11.3 Å². The van der Waals surface area contributed by atoms with Gasteiger partial charge in [0.25, 0.3) is 0 Å². The Kier molecular flexibility index (Phi) is 2.90. The van der Waals surface area contributed by atoms with E-state index in [-0.39, 0.29) is 10.8 Å². The molecule has 0 aliphatic heterocycles. The van der Waals surface area contributed by atoms with Gasteiger partial charge in [0.05, 0.1) is 5.69 Å². The van der Waals surface area contributed by atoms with E-state index in [4.69, 9.17) is 22.6 Å². The third kappa shape index (κ3) is 2.89. The smallest absolute Gasteiger partial charge is 0.403 e. The molecule has 0 saturated carbocycles. The highest BCUT2D eigenvalue weighted by Gasteiger charge is 2.32. The predicted molar refractivity (Wildman–Crippen MR) is 45.1 cm³/mol. The number of nitriles is 1. The van der Waals surface area contributed by atoms with Crippen LogP contribution in [0.4, 0.5) is 18.9 Å². The topological polar surface area (TPSA) is 71.9 Å². The molecule has 0 unspecified atom stereocenters. The molecule has 80 valence electrons. The fourth-order valence-electron chi connectivity index (χ4n) is 0.770. The molecule has 0 bridgehead atoms. The van der Waals surface area contributed by atoms with E-state index in [0.717, 1.165) is 6.07 Å². The summed E-state index contributed by atoms with van der Waals surface area (Å²) in [6.07, 6.45) is -4.91. The lowest BCUT2D eigenvalue weighted by atomic mass is 10.3. The second-order valence-electron chi connectivity index (χ2n) is 2.37. The van der Waals surface area contributed by atoms with E-state index in [1.54, 1.807) is 0 Å². The van der Waals surface area contributed by atoms with Gasteiger partial charge in [0, 0.05) is 6.07 Å². The molecule has 0 atom stereocenters. The Bertz CT molecular complexity index is 427. The zero-order valence-electron chi connectivity index (χ0n) is 6.97. The van der Waals surface area contributed by atoms with Gasteiger partial charge in [-0.1, -0.05) is 11.6 Å². The molecular weight excluding hydrogens is 235 g/mol. The summed E-state index contributed by atoms with van der Waals surface area (Å²) in [6.45, 7) is 0. The lowest BCUT2D eigenvalue weighted by Gasteiger charge is -2.10. The number of rotatable bonds is 1. The average Bonchev–Trinajstić information content (AvgIpc) is 2.08. The minimum Gasteiger partial charge on any atom is -0.403 e. The normalized spacial score (nSPS) is 10.9. The van der Waals surface area contributed by atoms with Crippen LogP contribution in [0.5, 0.6) is 5.75 Å². The van der Waals surface area contributed by atoms with Gasteiger partial charge in [-0.05, 0) is 0 Å². The number of anilines is 1. The van der Waals surface area contributed by atoms with Crippen LogP contribution >= 0.6 is 11.6 Å². The summed E-state index contributed by atoms with van der Waals surface area (Å²) in [7, 11) is 0. The molecule has 0 aliphatic rings. The van der Waals surface area contributed by atoms with Gasteiger partial charge in [0.15, 0.2) is 16.6 Å². The van der Waals surface area contributed by atoms with Crippen molar-refractivity contribution in [3.63, 3.8) is 0 Å². The molecule has 0 fully saturated rings. The van der Waals surface area contributed by atoms with E-state index in [1.165, 1.54) is 6.07 Å². The molecule has 0 spiro atoms. The van der Waals surface area contributed by atoms with Crippen LogP contribution in [0.15, 0.2) is 6.07 Å². The standard InChI is InChI=1S/C7H3ClF3N3O/c8-6-3(13)1-5(4(2-12)14-6)15-7(9,10)11/h1H,13H2. The first kappa shape index (κ1) is 11.4. The largest absolute Gasteiger partial charge is 0.573 e. The molecular formula is C7H3ClF3N3O. The van der Waals surface area contributed by atoms with Crippen molar-refractivity contribution in [1.29, 1.82) is 5.26 Å². The van der Waals surface area contributed by atoms with Crippen LogP contribution < -0.4 is 10.5 Å². The summed E-state index contributed by atoms with van der Waals surface area (Å²) in [4.78, 5) is 3.33. The summed E-state index contributed by atoms with van der Waals surface area (Å²) in [5.74, 6) is -0.771. The minimum absolute atomic E-state index is 0.199. The van der Waals surface area contributed by atoms with Crippen molar-refractivity contribution in [3.05, 3.63) is 16.9 Å². The molecule has 1 heterocycles. The van der Waals surface area contributed by atoms with E-state index in [0.29, 0.717) is 0 Å². The molecule has 2 N–H and O–H groups in total. The SMILES string of the molecule is N#Cc1nc(Cl)c(N)cc1OC(F)(F)F. The first-order chi connectivity index (χ1) is 6.83. The van der Waals surface area contributed by atoms with Gasteiger partial charge in [-0.2, -0.15) is 5.26 Å². The Labute approximate surface area is 87.0 Å². The molecule has 8 heteroatoms. The highest BCUT2D eigenvalue weighted by molar-refractivity contribution is 6.31. The molecule has 1 rings (SSSR count). The first-order valence-corrected chi connectivity index (χ1v) is 3.83. The quantitative estimate of drug-likeness (QED) is 0.759. The van der Waals surface area contributed by atoms with Crippen molar-refractivity contribution in [2.75, 3.05) is 5.73 Å². The highest BCUT2D eigenvalue weighted by atomic mass is 35.5. The van der Waals surface area contributed by atoms with E-state index in [9.17, 15) is 13.2 Å². The van der Waals surface area contributed by atoms with Crippen molar-refractivity contribution in [1.82, 2.24) is 4.98 Å². The van der Waals surface area contributed by atoms with Gasteiger partial charge in [-0.3, -0.25) is 0 Å². The second-order valence-corrected chi connectivity index (χ2v) is 2.73. The van der Waals surface area contributed by atoms with Crippen LogP contribution in [-0.2, 0) is 0 Å². The van der Waals surface area contributed by atoms with Crippen LogP contribution in [0, 0.1) is 11.3 Å². The number of halogens is 4. The second kappa shape index (κ2) is 3.82. The molecule has 0 amide bonds. The van der Waals surface area contributed by atoms with E-state index < -0.39 is 17.8 Å². The van der Waals surface area contributed by atoms with E-state index in [2.05, 4.69) is 9.72 Å². The Hall–Kier alpha value is -1.68. The van der Waals surface area contributed by atoms with E-state index in [1.807, 2.05) is 0 Å². The molecule has 4 nitrogen and oxygen atoms in total. The number of alkyl halides is 3. The van der Waals surface area contributed by atoms with Crippen LogP contribution in [0.3, 0.4) is 0 Å². The van der Waals surface area contributed by atoms with Gasteiger partial charge in [0.2, 0.25) is 0 Å². The summed E-state index contributed by atoms with van der Waals surface area (Å²) < 4.78 is 39.1. The van der Waals surface area contributed by atoms with Crippen LogP contribution in [0.2, 0.25) is 5.15 Å². The van der Waals surface area contributed by atoms with Crippen molar-refractivity contribution < 1.29 is 17.9 Å². The molecule has 0 radical (unpaired) electrons. The minimum atomic E-state index is -4.91. The van der Waals surface area contributed by atoms with Gasteiger partial charge < -0.3 is 10.5 Å². The van der Waals surface area contributed by atoms with Crippen molar-refractivity contribution in [3.8, 4) is 11.8 Å². The Morgan fingerprint density at radius 1 is 1.53 bits per heavy atom. The first-order valence-electron chi connectivity index (χ1n) is 3.45. The third-order valence-corrected chi connectivity index (χ3v) is 1.60. The molecule has 1 aromatic rings. The fraction of sp³-hybridized carbons (Fsp3) is 0.143. The van der Waals surface area contributed by atoms with Crippen molar-refractivity contribution in [2.24, 2.45) is 0 Å². The maximum absolute atomic E-state index is 11.9. The highest BCUT2D eigenvalue weighted by Crippen LogP contribution is 2.29. The number of nitrogens with two attached hydrogens (primary N) is 1. The monoisotopic (exact) mass is 237 g/mol. The Morgan fingerprint density at radius 3 is 2.60 bits per heavy atom. The van der Waals surface area contributed by atoms with Gasteiger partial charge in [-0.25, -0.2) is 4.98 Å². The predicted octanol–water partition coefficient (Wildman–Crippen LogP) is 2.09. The number of pyridine rings is 1. The van der Waals surface area contributed by atoms with Crippen LogP contribution in [0.25, 0.3) is 0 Å². The number of aromatic nitrogens is 1. The number of nitrogen functional groups attached to an aromatic ring is 1. The third-order valence-electron chi connectivity index (χ3n) is 1.30. The molecule has 0 aromatic carbocycles. The number of nitrogens with zero attached hydrogens (tertiary/aromatic N) is 2. The van der Waals surface area contributed by atoms with Crippen molar-refractivity contribution in [2.45, 2.75) is 6.36 Å². The van der Waals surface area contributed by atoms with Gasteiger partial charge >= 0.3 is 6.36 Å². The number of hydrogen-bond donors (Lipinski definition) is 1. The summed E-state index contributed by atoms with van der Waals surface area (Å²) >= 11 is 5.41. The van der Waals surface area contributed by atoms with Gasteiger partial charge in [0.1, 0.15) is 6.07 Å². The summed E-state index contributed by atoms with van der Waals surface area (Å²) in [5.41, 5.74) is 4.44. The fourth-order valence-corrected chi connectivity index (χ4v) is 0.909. The van der Waals surface area contributed by atoms with Crippen molar-refractivity contribution >= 4 is 17.3 Å². The lowest BCUT2D eigenvalue weighted by molar-refractivity contribution is -0.274. The lowest BCUT2D eigenvalue weighted by Crippen LogP contribution is -2.18. The zero-order chi connectivity index (χ0) is 11.6. The summed E-state index contributed by atoms with van der Waals surface area (Å²) in [5, 5.41) is 8.22. The van der Waals surface area contributed by atoms with Gasteiger partial charge in [-0.15, -0.1) is 13.2 Å². The molecule has 15 heavy (non-hydrogen) atoms. The number of ether oxygens (including phenoxy) is 1. The summed E-state index contributed by atoms with van der Waals surface area (Å²) in [6, 6.07) is 2.20. The zero-order valence-corrected chi connectivity index (χ0v) is 7.73. The maximum Gasteiger partial charge on any atom is 0.573 e. The number of hydrogen-bond acceptors (Lipinski definition) is 4. The maximum atomic E-state index is 11.9. The Balaban J connectivity index is 3.18. The Morgan fingerprint density at radius 2 is 2.13 bits per heavy atom.